The van der Waals surface area contributed by atoms with Crippen molar-refractivity contribution in [2.24, 2.45) is 0 Å². The number of thiocarbonyl (C=S) groups is 1. The van der Waals surface area contributed by atoms with Crippen LogP contribution >= 0.6 is 28.1 Å². The number of nitrogens with zero attached hydrogens (tertiary/aromatic N) is 2. The van der Waals surface area contributed by atoms with Gasteiger partial charge in [-0.1, -0.05) is 28.1 Å². The molecule has 0 spiro atoms. The number of hydrogen-bond acceptors (Lipinski definition) is 5. The predicted octanol–water partition coefficient (Wildman–Crippen LogP) is 2.95. The summed E-state index contributed by atoms with van der Waals surface area (Å²) in [5, 5.41) is 4.18. The summed E-state index contributed by atoms with van der Waals surface area (Å²) in [4.78, 5) is 39.6. The zero-order valence-electron chi connectivity index (χ0n) is 16.9. The number of carbonyl (C=O) groups excluding carboxylic acids is 3. The van der Waals surface area contributed by atoms with Crippen LogP contribution in [0.5, 0.6) is 5.75 Å². The van der Waals surface area contributed by atoms with Crippen molar-refractivity contribution < 1.29 is 19.1 Å². The number of amides is 3. The molecule has 162 valence electrons. The molecule has 2 aromatic rings. The van der Waals surface area contributed by atoms with E-state index in [1.165, 1.54) is 17.0 Å². The maximum absolute atomic E-state index is 12.9. The number of methoxy groups -OCH3 is 1. The Kier molecular flexibility index (Phi) is 7.24. The fraction of sp³-hybridized carbons (Fsp3) is 0.238. The molecule has 1 saturated heterocycles. The fourth-order valence-electron chi connectivity index (χ4n) is 3.14. The Hall–Kier alpha value is -2.98. The topological polar surface area (TPSA) is 91.0 Å². The molecular weight excluding hydrogens is 484 g/mol. The molecule has 1 atom stereocenters. The fourth-order valence-corrected chi connectivity index (χ4v) is 3.80. The molecule has 10 heteroatoms. The third kappa shape index (κ3) is 5.02. The number of hydrogen-bond donors (Lipinski definition) is 2. The second-order valence-corrected chi connectivity index (χ2v) is 7.93. The summed E-state index contributed by atoms with van der Waals surface area (Å²) >= 11 is 8.71. The van der Waals surface area contributed by atoms with Crippen LogP contribution in [0.4, 0.5) is 5.69 Å². The number of para-hydroxylation sites is 2. The summed E-state index contributed by atoms with van der Waals surface area (Å²) in [7, 11) is 1.50. The maximum Gasteiger partial charge on any atom is 0.269 e. The Morgan fingerprint density at radius 3 is 2.48 bits per heavy atom. The van der Waals surface area contributed by atoms with E-state index in [2.05, 4.69) is 26.7 Å². The van der Waals surface area contributed by atoms with Gasteiger partial charge in [0.15, 0.2) is 5.11 Å². The van der Waals surface area contributed by atoms with E-state index in [1.54, 1.807) is 55.5 Å². The van der Waals surface area contributed by atoms with Crippen LogP contribution in [-0.4, -0.2) is 52.4 Å². The quantitative estimate of drug-likeness (QED) is 0.563. The van der Waals surface area contributed by atoms with Gasteiger partial charge in [-0.3, -0.25) is 24.7 Å². The zero-order valence-corrected chi connectivity index (χ0v) is 19.3. The molecule has 2 aromatic carbocycles. The summed E-state index contributed by atoms with van der Waals surface area (Å²) in [5.41, 5.74) is 3.55. The maximum atomic E-state index is 12.9. The van der Waals surface area contributed by atoms with E-state index in [4.69, 9.17) is 17.0 Å². The van der Waals surface area contributed by atoms with Crippen molar-refractivity contribution in [1.29, 1.82) is 0 Å². The Bertz CT molecular complexity index is 1010. The lowest BCUT2D eigenvalue weighted by Crippen LogP contribution is -2.49. The molecule has 1 fully saturated rings. The molecule has 1 aliphatic heterocycles. The van der Waals surface area contributed by atoms with Crippen LogP contribution < -0.4 is 15.5 Å². The number of rotatable bonds is 7. The minimum absolute atomic E-state index is 0.146. The van der Waals surface area contributed by atoms with Gasteiger partial charge in [0.05, 0.1) is 19.2 Å². The first kappa shape index (κ1) is 22.7. The van der Waals surface area contributed by atoms with Gasteiger partial charge in [-0.25, -0.2) is 5.01 Å². The molecule has 1 unspecified atom stereocenters. The first-order chi connectivity index (χ1) is 14.8. The normalized spacial score (nSPS) is 15.8. The van der Waals surface area contributed by atoms with E-state index in [-0.39, 0.29) is 17.4 Å². The van der Waals surface area contributed by atoms with Gasteiger partial charge in [-0.2, -0.15) is 0 Å². The van der Waals surface area contributed by atoms with Crippen LogP contribution in [-0.2, 0) is 9.59 Å². The second kappa shape index (κ2) is 9.88. The molecule has 8 nitrogen and oxygen atoms in total. The van der Waals surface area contributed by atoms with E-state index in [0.29, 0.717) is 23.5 Å². The van der Waals surface area contributed by atoms with Crippen LogP contribution in [0, 0.1) is 0 Å². The van der Waals surface area contributed by atoms with Gasteiger partial charge in [0.2, 0.25) is 5.91 Å². The highest BCUT2D eigenvalue weighted by molar-refractivity contribution is 9.10. The summed E-state index contributed by atoms with van der Waals surface area (Å²) in [6.07, 6.45) is -0.200. The smallest absolute Gasteiger partial charge is 0.269 e. The van der Waals surface area contributed by atoms with E-state index in [0.717, 1.165) is 4.47 Å². The minimum atomic E-state index is -0.957. The third-order valence-electron chi connectivity index (χ3n) is 4.70. The van der Waals surface area contributed by atoms with Crippen molar-refractivity contribution in [2.45, 2.75) is 19.4 Å². The number of anilines is 1. The van der Waals surface area contributed by atoms with Gasteiger partial charge in [0.25, 0.3) is 11.8 Å². The Morgan fingerprint density at radius 1 is 1.16 bits per heavy atom. The van der Waals surface area contributed by atoms with Gasteiger partial charge in [0.1, 0.15) is 11.8 Å². The SMILES string of the molecule is CCN1C(=O)C(CC(=O)Nc2ccccc2OC)N(NC(=O)c2ccc(Br)cc2)C1=S. The van der Waals surface area contributed by atoms with Gasteiger partial charge >= 0.3 is 0 Å². The van der Waals surface area contributed by atoms with Crippen LogP contribution in [0.3, 0.4) is 0 Å². The molecule has 2 N–H and O–H groups in total. The third-order valence-corrected chi connectivity index (χ3v) is 5.65. The van der Waals surface area contributed by atoms with Gasteiger partial charge in [0, 0.05) is 16.6 Å². The van der Waals surface area contributed by atoms with E-state index in [9.17, 15) is 14.4 Å². The Morgan fingerprint density at radius 2 is 1.84 bits per heavy atom. The Labute approximate surface area is 193 Å². The highest BCUT2D eigenvalue weighted by Crippen LogP contribution is 2.25. The van der Waals surface area contributed by atoms with Gasteiger partial charge in [-0.05, 0) is 55.5 Å². The lowest BCUT2D eigenvalue weighted by molar-refractivity contribution is -0.130. The molecule has 0 aromatic heterocycles. The van der Waals surface area contributed by atoms with Crippen molar-refractivity contribution >= 4 is 56.7 Å². The predicted molar refractivity (Wildman–Crippen MR) is 123 cm³/mol. The largest absolute Gasteiger partial charge is 0.495 e. The molecule has 0 radical (unpaired) electrons. The lowest BCUT2D eigenvalue weighted by atomic mass is 10.1. The lowest BCUT2D eigenvalue weighted by Gasteiger charge is -2.24. The number of halogens is 1. The monoisotopic (exact) mass is 504 g/mol. The number of ether oxygens (including phenoxy) is 1. The van der Waals surface area contributed by atoms with Crippen molar-refractivity contribution in [1.82, 2.24) is 15.3 Å². The molecule has 3 amide bonds. The average molecular weight is 505 g/mol. The zero-order chi connectivity index (χ0) is 22.5. The summed E-state index contributed by atoms with van der Waals surface area (Å²) in [5.74, 6) is -0.694. The summed E-state index contributed by atoms with van der Waals surface area (Å²) in [6, 6.07) is 12.8. The molecule has 1 heterocycles. The molecule has 31 heavy (non-hydrogen) atoms. The highest BCUT2D eigenvalue weighted by atomic mass is 79.9. The second-order valence-electron chi connectivity index (χ2n) is 6.65. The van der Waals surface area contributed by atoms with Crippen LogP contribution in [0.15, 0.2) is 53.0 Å². The summed E-state index contributed by atoms with van der Waals surface area (Å²) in [6.45, 7) is 2.10. The standard InChI is InChI=1S/C21H21BrN4O4S/c1-3-25-20(29)16(12-18(27)23-15-6-4-5-7-17(15)30-2)26(21(25)31)24-19(28)13-8-10-14(22)11-9-13/h4-11,16H,3,12H2,1-2H3,(H,23,27)(H,24,28). The number of likely N-dealkylation sites (N-methyl/N-ethyl adjacent to an activating group) is 1. The van der Waals surface area contributed by atoms with Gasteiger partial charge < -0.3 is 10.1 Å². The van der Waals surface area contributed by atoms with Crippen LogP contribution in [0.25, 0.3) is 0 Å². The number of nitrogens with one attached hydrogen (secondary N) is 2. The highest BCUT2D eigenvalue weighted by Gasteiger charge is 2.44. The van der Waals surface area contributed by atoms with Crippen LogP contribution in [0.1, 0.15) is 23.7 Å². The first-order valence-corrected chi connectivity index (χ1v) is 10.7. The van der Waals surface area contributed by atoms with Crippen molar-refractivity contribution in [3.05, 3.63) is 58.6 Å². The minimum Gasteiger partial charge on any atom is -0.495 e. The molecule has 1 aliphatic rings. The van der Waals surface area contributed by atoms with E-state index >= 15 is 0 Å². The molecular formula is C21H21BrN4O4S. The molecule has 3 rings (SSSR count). The van der Waals surface area contributed by atoms with Crippen molar-refractivity contribution in [3.63, 3.8) is 0 Å². The van der Waals surface area contributed by atoms with Gasteiger partial charge in [-0.15, -0.1) is 0 Å². The Balaban J connectivity index is 1.77. The molecule has 0 saturated carbocycles. The van der Waals surface area contributed by atoms with E-state index in [1.807, 2.05) is 0 Å². The van der Waals surface area contributed by atoms with E-state index < -0.39 is 17.9 Å². The molecule has 0 aliphatic carbocycles. The van der Waals surface area contributed by atoms with Crippen LogP contribution in [0.2, 0.25) is 0 Å². The number of carbonyl (C=O) groups is 3. The first-order valence-electron chi connectivity index (χ1n) is 9.49. The molecule has 0 bridgehead atoms. The van der Waals surface area contributed by atoms with Crippen molar-refractivity contribution in [3.8, 4) is 5.75 Å². The van der Waals surface area contributed by atoms with Crippen molar-refractivity contribution in [2.75, 3.05) is 19.0 Å². The average Bonchev–Trinajstić information content (AvgIpc) is 2.97. The number of hydrazine groups is 1. The number of benzene rings is 2. The summed E-state index contributed by atoms with van der Waals surface area (Å²) < 4.78 is 6.07.